The summed E-state index contributed by atoms with van der Waals surface area (Å²) in [5, 5.41) is 9.09. The maximum absolute atomic E-state index is 14.2. The Balaban J connectivity index is 1.60. The fourth-order valence-electron chi connectivity index (χ4n) is 5.10. The number of nitriles is 1. The summed E-state index contributed by atoms with van der Waals surface area (Å²) in [7, 11) is 0. The van der Waals surface area contributed by atoms with E-state index in [9.17, 15) is 26.7 Å². The Morgan fingerprint density at radius 2 is 1.97 bits per heavy atom. The fourth-order valence-corrected chi connectivity index (χ4v) is 5.10. The summed E-state index contributed by atoms with van der Waals surface area (Å²) < 4.78 is 73.8. The molecule has 10 heteroatoms. The van der Waals surface area contributed by atoms with Crippen molar-refractivity contribution >= 4 is 11.6 Å². The van der Waals surface area contributed by atoms with Gasteiger partial charge in [-0.2, -0.15) is 18.4 Å². The molecule has 0 aromatic heterocycles. The van der Waals surface area contributed by atoms with Crippen molar-refractivity contribution < 1.29 is 31.5 Å². The quantitative estimate of drug-likeness (QED) is 0.559. The number of halogens is 5. The summed E-state index contributed by atoms with van der Waals surface area (Å²) >= 11 is 0. The Morgan fingerprint density at radius 3 is 2.63 bits per heavy atom. The van der Waals surface area contributed by atoms with Crippen LogP contribution in [0.1, 0.15) is 34.8 Å². The van der Waals surface area contributed by atoms with Crippen LogP contribution < -0.4 is 4.90 Å². The molecule has 2 atom stereocenters. The minimum atomic E-state index is -4.67. The SMILES string of the molecule is CCOC[C@@]12CCN(C(=O)c3ccc(F)cc3F)C[C@@H]1CN(c1ccc(C#N)c(C(F)(F)F)c1)C2. The second kappa shape index (κ2) is 9.46. The molecule has 2 heterocycles. The molecule has 0 bridgehead atoms. The van der Waals surface area contributed by atoms with Crippen LogP contribution in [0, 0.1) is 34.3 Å². The summed E-state index contributed by atoms with van der Waals surface area (Å²) in [6.07, 6.45) is -4.15. The largest absolute Gasteiger partial charge is 0.417 e. The molecule has 186 valence electrons. The van der Waals surface area contributed by atoms with Crippen molar-refractivity contribution in [2.24, 2.45) is 11.3 Å². The van der Waals surface area contributed by atoms with E-state index in [0.29, 0.717) is 51.0 Å². The molecule has 0 radical (unpaired) electrons. The minimum Gasteiger partial charge on any atom is -0.381 e. The first-order valence-corrected chi connectivity index (χ1v) is 11.3. The molecule has 0 saturated carbocycles. The lowest BCUT2D eigenvalue weighted by Crippen LogP contribution is -2.51. The highest BCUT2D eigenvalue weighted by Gasteiger charge is 2.51. The van der Waals surface area contributed by atoms with Crippen LogP contribution in [0.15, 0.2) is 36.4 Å². The number of likely N-dealkylation sites (tertiary alicyclic amines) is 1. The number of carbonyl (C=O) groups excluding carboxylic acids is 1. The van der Waals surface area contributed by atoms with Gasteiger partial charge in [-0.3, -0.25) is 4.79 Å². The molecule has 2 aliphatic rings. The van der Waals surface area contributed by atoms with Crippen LogP contribution in [-0.2, 0) is 10.9 Å². The van der Waals surface area contributed by atoms with Gasteiger partial charge in [-0.05, 0) is 43.7 Å². The Bertz CT molecular complexity index is 1160. The van der Waals surface area contributed by atoms with Gasteiger partial charge < -0.3 is 14.5 Å². The number of carbonyl (C=O) groups is 1. The van der Waals surface area contributed by atoms with E-state index >= 15 is 0 Å². The number of anilines is 1. The average Bonchev–Trinajstić information content (AvgIpc) is 3.20. The van der Waals surface area contributed by atoms with E-state index in [0.717, 1.165) is 18.2 Å². The molecule has 2 aliphatic heterocycles. The van der Waals surface area contributed by atoms with Gasteiger partial charge >= 0.3 is 6.18 Å². The predicted molar refractivity (Wildman–Crippen MR) is 118 cm³/mol. The van der Waals surface area contributed by atoms with Crippen LogP contribution in [0.25, 0.3) is 0 Å². The molecule has 0 N–H and O–H groups in total. The predicted octanol–water partition coefficient (Wildman–Crippen LogP) is 4.86. The highest BCUT2D eigenvalue weighted by molar-refractivity contribution is 5.94. The standard InChI is InChI=1S/C25H24F5N3O2/c1-2-35-15-24-7-8-32(23(34)20-6-4-18(26)9-22(20)27)12-17(24)13-33(14-24)19-5-3-16(11-31)21(10-19)25(28,29)30/h3-6,9-10,17H,2,7-8,12-15H2,1H3/t17-,24+/m1/s1. The molecule has 0 unspecified atom stereocenters. The summed E-state index contributed by atoms with van der Waals surface area (Å²) in [6, 6.07) is 8.05. The molecule has 2 aromatic carbocycles. The zero-order valence-corrected chi connectivity index (χ0v) is 19.0. The van der Waals surface area contributed by atoms with Crippen LogP contribution in [0.4, 0.5) is 27.6 Å². The number of nitrogens with zero attached hydrogens (tertiary/aromatic N) is 3. The van der Waals surface area contributed by atoms with E-state index in [4.69, 9.17) is 10.00 Å². The number of piperidine rings is 1. The van der Waals surface area contributed by atoms with E-state index in [1.165, 1.54) is 17.0 Å². The first-order valence-electron chi connectivity index (χ1n) is 11.3. The van der Waals surface area contributed by atoms with E-state index in [1.807, 2.05) is 11.8 Å². The van der Waals surface area contributed by atoms with Gasteiger partial charge in [0.25, 0.3) is 5.91 Å². The van der Waals surface area contributed by atoms with Crippen LogP contribution in [0.5, 0.6) is 0 Å². The maximum atomic E-state index is 14.2. The highest BCUT2D eigenvalue weighted by Crippen LogP contribution is 2.46. The van der Waals surface area contributed by atoms with Crippen molar-refractivity contribution in [2.75, 3.05) is 44.3 Å². The second-order valence-electron chi connectivity index (χ2n) is 9.04. The van der Waals surface area contributed by atoms with Crippen molar-refractivity contribution in [3.63, 3.8) is 0 Å². The molecular weight excluding hydrogens is 469 g/mol. The Morgan fingerprint density at radius 1 is 1.20 bits per heavy atom. The first-order chi connectivity index (χ1) is 16.6. The Labute approximate surface area is 199 Å². The average molecular weight is 493 g/mol. The summed E-state index contributed by atoms with van der Waals surface area (Å²) in [4.78, 5) is 16.3. The third kappa shape index (κ3) is 4.82. The fraction of sp³-hybridized carbons (Fsp3) is 0.440. The molecule has 2 aromatic rings. The van der Waals surface area contributed by atoms with Crippen molar-refractivity contribution in [3.8, 4) is 6.07 Å². The normalized spacial score (nSPS) is 22.1. The van der Waals surface area contributed by atoms with Crippen LogP contribution in [0.3, 0.4) is 0 Å². The highest BCUT2D eigenvalue weighted by atomic mass is 19.4. The third-order valence-corrected chi connectivity index (χ3v) is 6.97. The molecular formula is C25H24F5N3O2. The molecule has 1 amide bonds. The number of hydrogen-bond acceptors (Lipinski definition) is 4. The topological polar surface area (TPSA) is 56.6 Å². The smallest absolute Gasteiger partial charge is 0.381 e. The third-order valence-electron chi connectivity index (χ3n) is 6.97. The summed E-state index contributed by atoms with van der Waals surface area (Å²) in [6.45, 7) is 4.06. The van der Waals surface area contributed by atoms with Gasteiger partial charge in [-0.25, -0.2) is 8.78 Å². The molecule has 2 saturated heterocycles. The number of ether oxygens (including phenoxy) is 1. The lowest BCUT2D eigenvalue weighted by molar-refractivity contribution is -0.137. The van der Waals surface area contributed by atoms with E-state index in [2.05, 4.69) is 0 Å². The first kappa shape index (κ1) is 24.9. The summed E-state index contributed by atoms with van der Waals surface area (Å²) in [5.74, 6) is -2.41. The van der Waals surface area contributed by atoms with Gasteiger partial charge in [0.1, 0.15) is 11.6 Å². The van der Waals surface area contributed by atoms with Crippen molar-refractivity contribution in [1.29, 1.82) is 5.26 Å². The lowest BCUT2D eigenvalue weighted by Gasteiger charge is -2.43. The summed E-state index contributed by atoms with van der Waals surface area (Å²) in [5.41, 5.74) is -1.72. The van der Waals surface area contributed by atoms with E-state index in [1.54, 1.807) is 6.07 Å². The van der Waals surface area contributed by atoms with Gasteiger partial charge in [0.2, 0.25) is 0 Å². The van der Waals surface area contributed by atoms with Crippen molar-refractivity contribution in [3.05, 3.63) is 64.7 Å². The molecule has 35 heavy (non-hydrogen) atoms. The Kier molecular flexibility index (Phi) is 6.73. The van der Waals surface area contributed by atoms with Gasteiger partial charge in [0, 0.05) is 55.9 Å². The zero-order chi connectivity index (χ0) is 25.4. The minimum absolute atomic E-state index is 0.139. The zero-order valence-electron chi connectivity index (χ0n) is 19.0. The molecule has 5 nitrogen and oxygen atoms in total. The number of fused-ring (bicyclic) bond motifs is 1. The van der Waals surface area contributed by atoms with E-state index < -0.39 is 40.3 Å². The van der Waals surface area contributed by atoms with Crippen molar-refractivity contribution in [2.45, 2.75) is 19.5 Å². The number of amides is 1. The number of rotatable bonds is 5. The second-order valence-corrected chi connectivity index (χ2v) is 9.04. The van der Waals surface area contributed by atoms with E-state index in [-0.39, 0.29) is 18.0 Å². The Hall–Kier alpha value is -3.19. The van der Waals surface area contributed by atoms with Gasteiger partial charge in [0.15, 0.2) is 0 Å². The number of hydrogen-bond donors (Lipinski definition) is 0. The number of alkyl halides is 3. The molecule has 4 rings (SSSR count). The van der Waals surface area contributed by atoms with Crippen LogP contribution >= 0.6 is 0 Å². The maximum Gasteiger partial charge on any atom is 0.417 e. The van der Waals surface area contributed by atoms with Crippen LogP contribution in [-0.4, -0.2) is 50.2 Å². The van der Waals surface area contributed by atoms with Gasteiger partial charge in [-0.1, -0.05) is 0 Å². The lowest BCUT2D eigenvalue weighted by atomic mass is 9.73. The molecule has 0 spiro atoms. The monoisotopic (exact) mass is 493 g/mol. The van der Waals surface area contributed by atoms with Crippen LogP contribution in [0.2, 0.25) is 0 Å². The van der Waals surface area contributed by atoms with Gasteiger partial charge in [-0.15, -0.1) is 0 Å². The molecule has 0 aliphatic carbocycles. The van der Waals surface area contributed by atoms with Gasteiger partial charge in [0.05, 0.1) is 29.4 Å². The van der Waals surface area contributed by atoms with Crippen molar-refractivity contribution in [1.82, 2.24) is 4.90 Å². The number of benzene rings is 2. The molecule has 2 fully saturated rings.